The Hall–Kier alpha value is -0.340. The fourth-order valence-corrected chi connectivity index (χ4v) is 4.21. The number of benzene rings is 1. The van der Waals surface area contributed by atoms with Crippen LogP contribution in [-0.4, -0.2) is 27.1 Å². The highest BCUT2D eigenvalue weighted by atomic mass is 79.9. The second-order valence-corrected chi connectivity index (χ2v) is 7.36. The van der Waals surface area contributed by atoms with Crippen LogP contribution in [0, 0.1) is 0 Å². The van der Waals surface area contributed by atoms with Gasteiger partial charge in [-0.25, -0.2) is 13.1 Å². The lowest BCUT2D eigenvalue weighted by Crippen LogP contribution is -2.52. The normalized spacial score (nSPS) is 11.9. The minimum Gasteiger partial charge on any atom is -0.493 e. The van der Waals surface area contributed by atoms with Gasteiger partial charge in [0.05, 0.1) is 16.0 Å². The van der Waals surface area contributed by atoms with Crippen LogP contribution in [0.3, 0.4) is 0 Å². The van der Waals surface area contributed by atoms with E-state index >= 15 is 0 Å². The third kappa shape index (κ3) is 5.09. The van der Waals surface area contributed by atoms with Gasteiger partial charge in [0.15, 0.2) is 0 Å². The van der Waals surface area contributed by atoms with Crippen LogP contribution in [-0.2, 0) is 10.0 Å². The molecular formula is C14H24BrClN2O3S. The monoisotopic (exact) mass is 414 g/mol. The summed E-state index contributed by atoms with van der Waals surface area (Å²) >= 11 is 3.33. The van der Waals surface area contributed by atoms with E-state index in [-0.39, 0.29) is 23.8 Å². The van der Waals surface area contributed by atoms with E-state index in [4.69, 9.17) is 10.5 Å². The molecule has 5 nitrogen and oxygen atoms in total. The average Bonchev–Trinajstić information content (AvgIpc) is 2.47. The molecule has 0 fully saturated rings. The van der Waals surface area contributed by atoms with E-state index in [1.54, 1.807) is 12.1 Å². The number of nitrogens with two attached hydrogens (primary N) is 1. The minimum atomic E-state index is -3.62. The Morgan fingerprint density at radius 3 is 2.27 bits per heavy atom. The zero-order valence-corrected chi connectivity index (χ0v) is 16.3. The topological polar surface area (TPSA) is 81.4 Å². The third-order valence-corrected chi connectivity index (χ3v) is 5.80. The molecule has 8 heteroatoms. The Labute approximate surface area is 147 Å². The van der Waals surface area contributed by atoms with Crippen molar-refractivity contribution in [1.82, 2.24) is 4.72 Å². The van der Waals surface area contributed by atoms with Crippen molar-refractivity contribution in [2.75, 3.05) is 13.2 Å². The van der Waals surface area contributed by atoms with Gasteiger partial charge in [0.1, 0.15) is 5.75 Å². The largest absolute Gasteiger partial charge is 0.493 e. The summed E-state index contributed by atoms with van der Waals surface area (Å²) in [6, 6.07) is 4.72. The van der Waals surface area contributed by atoms with Gasteiger partial charge in [-0.2, -0.15) is 0 Å². The first kappa shape index (κ1) is 21.7. The fourth-order valence-electron chi connectivity index (χ4n) is 1.99. The molecule has 0 saturated carbocycles. The molecule has 1 aromatic carbocycles. The fraction of sp³-hybridized carbons (Fsp3) is 0.571. The predicted molar refractivity (Wildman–Crippen MR) is 95.2 cm³/mol. The highest BCUT2D eigenvalue weighted by Crippen LogP contribution is 2.28. The van der Waals surface area contributed by atoms with Crippen LogP contribution >= 0.6 is 28.3 Å². The minimum absolute atomic E-state index is 0. The Bertz CT molecular complexity index is 569. The van der Waals surface area contributed by atoms with Gasteiger partial charge < -0.3 is 10.5 Å². The highest BCUT2D eigenvalue weighted by Gasteiger charge is 2.31. The number of rotatable bonds is 8. The number of hydrogen-bond acceptors (Lipinski definition) is 4. The van der Waals surface area contributed by atoms with E-state index in [0.29, 0.717) is 29.7 Å². The van der Waals surface area contributed by atoms with Gasteiger partial charge >= 0.3 is 0 Å². The predicted octanol–water partition coefficient (Wildman–Crippen LogP) is 3.07. The number of nitrogens with one attached hydrogen (secondary N) is 1. The SMILES string of the molecule is CCOc1ccc(S(=O)(=O)NC(CC)(CC)CN)cc1Br.Cl. The molecule has 0 aliphatic rings. The van der Waals surface area contributed by atoms with Crippen molar-refractivity contribution in [3.05, 3.63) is 22.7 Å². The summed E-state index contributed by atoms with van der Waals surface area (Å²) in [6.07, 6.45) is 1.27. The number of ether oxygens (including phenoxy) is 1. The smallest absolute Gasteiger partial charge is 0.241 e. The van der Waals surface area contributed by atoms with E-state index in [1.807, 2.05) is 20.8 Å². The third-order valence-electron chi connectivity index (χ3n) is 3.61. The summed E-state index contributed by atoms with van der Waals surface area (Å²) in [5.74, 6) is 0.618. The van der Waals surface area contributed by atoms with Crippen LogP contribution in [0.25, 0.3) is 0 Å². The quantitative estimate of drug-likeness (QED) is 0.683. The van der Waals surface area contributed by atoms with Gasteiger partial charge in [-0.3, -0.25) is 0 Å². The van der Waals surface area contributed by atoms with Crippen molar-refractivity contribution >= 4 is 38.4 Å². The molecule has 0 radical (unpaired) electrons. The summed E-state index contributed by atoms with van der Waals surface area (Å²) in [5, 5.41) is 0. The molecule has 0 unspecified atom stereocenters. The molecule has 0 spiro atoms. The van der Waals surface area contributed by atoms with E-state index in [9.17, 15) is 8.42 Å². The standard InChI is InChI=1S/C14H23BrN2O3S.ClH/c1-4-14(5-2,10-16)17-21(18,19)11-7-8-13(20-6-3)12(15)9-11;/h7-9,17H,4-6,10,16H2,1-3H3;1H. The lowest BCUT2D eigenvalue weighted by molar-refractivity contribution is 0.338. The van der Waals surface area contributed by atoms with Crippen molar-refractivity contribution < 1.29 is 13.2 Å². The van der Waals surface area contributed by atoms with E-state index in [0.717, 1.165) is 0 Å². The Morgan fingerprint density at radius 1 is 1.27 bits per heavy atom. The maximum Gasteiger partial charge on any atom is 0.241 e. The molecular weight excluding hydrogens is 392 g/mol. The summed E-state index contributed by atoms with van der Waals surface area (Å²) in [4.78, 5) is 0.192. The van der Waals surface area contributed by atoms with Crippen LogP contribution in [0.5, 0.6) is 5.75 Å². The summed E-state index contributed by atoms with van der Waals surface area (Å²) in [7, 11) is -3.62. The molecule has 0 saturated heterocycles. The van der Waals surface area contributed by atoms with E-state index in [2.05, 4.69) is 20.7 Å². The molecule has 1 aromatic rings. The van der Waals surface area contributed by atoms with Crippen molar-refractivity contribution in [1.29, 1.82) is 0 Å². The zero-order valence-electron chi connectivity index (χ0n) is 13.1. The van der Waals surface area contributed by atoms with Crippen molar-refractivity contribution in [3.8, 4) is 5.75 Å². The zero-order chi connectivity index (χ0) is 16.1. The summed E-state index contributed by atoms with van der Waals surface area (Å²) < 4.78 is 33.8. The number of hydrogen-bond donors (Lipinski definition) is 2. The number of halogens is 2. The van der Waals surface area contributed by atoms with Crippen LogP contribution in [0.2, 0.25) is 0 Å². The second-order valence-electron chi connectivity index (χ2n) is 4.82. The summed E-state index contributed by atoms with van der Waals surface area (Å²) in [6.45, 7) is 6.50. The van der Waals surface area contributed by atoms with Gasteiger partial charge in [-0.15, -0.1) is 12.4 Å². The number of sulfonamides is 1. The van der Waals surface area contributed by atoms with Gasteiger partial charge in [0, 0.05) is 12.1 Å². The molecule has 0 aliphatic carbocycles. The molecule has 128 valence electrons. The molecule has 0 amide bonds. The highest BCUT2D eigenvalue weighted by molar-refractivity contribution is 9.10. The molecule has 0 heterocycles. The first-order chi connectivity index (χ1) is 9.84. The first-order valence-corrected chi connectivity index (χ1v) is 9.28. The van der Waals surface area contributed by atoms with Crippen molar-refractivity contribution in [2.24, 2.45) is 5.73 Å². The Balaban J connectivity index is 0.00000441. The maximum absolute atomic E-state index is 12.5. The molecule has 22 heavy (non-hydrogen) atoms. The molecule has 0 aliphatic heterocycles. The molecule has 0 atom stereocenters. The maximum atomic E-state index is 12.5. The average molecular weight is 416 g/mol. The van der Waals surface area contributed by atoms with Crippen molar-refractivity contribution in [3.63, 3.8) is 0 Å². The van der Waals surface area contributed by atoms with Gasteiger partial charge in [-0.1, -0.05) is 13.8 Å². The van der Waals surface area contributed by atoms with Crippen LogP contribution in [0.15, 0.2) is 27.6 Å². The van der Waals surface area contributed by atoms with Crippen LogP contribution in [0.4, 0.5) is 0 Å². The van der Waals surface area contributed by atoms with E-state index in [1.165, 1.54) is 6.07 Å². The molecule has 1 rings (SSSR count). The van der Waals surface area contributed by atoms with Gasteiger partial charge in [0.2, 0.25) is 10.0 Å². The molecule has 0 bridgehead atoms. The van der Waals surface area contributed by atoms with Crippen LogP contribution in [0.1, 0.15) is 33.6 Å². The Kier molecular flexibility index (Phi) is 8.94. The van der Waals surface area contributed by atoms with Gasteiger partial charge in [-0.05, 0) is 53.9 Å². The van der Waals surface area contributed by atoms with E-state index < -0.39 is 15.6 Å². The van der Waals surface area contributed by atoms with Crippen LogP contribution < -0.4 is 15.2 Å². The second kappa shape index (κ2) is 9.08. The summed E-state index contributed by atoms with van der Waals surface area (Å²) in [5.41, 5.74) is 5.14. The van der Waals surface area contributed by atoms with Crippen molar-refractivity contribution in [2.45, 2.75) is 44.0 Å². The lowest BCUT2D eigenvalue weighted by atomic mass is 9.95. The van der Waals surface area contributed by atoms with Gasteiger partial charge in [0.25, 0.3) is 0 Å². The first-order valence-electron chi connectivity index (χ1n) is 7.00. The Morgan fingerprint density at radius 2 is 1.86 bits per heavy atom. The molecule has 0 aromatic heterocycles. The molecule has 3 N–H and O–H groups in total. The lowest BCUT2D eigenvalue weighted by Gasteiger charge is -2.31.